The van der Waals surface area contributed by atoms with E-state index in [9.17, 15) is 0 Å². The summed E-state index contributed by atoms with van der Waals surface area (Å²) in [5.74, 6) is 0.942. The Kier molecular flexibility index (Phi) is 5.80. The van der Waals surface area contributed by atoms with Crippen LogP contribution in [0, 0.1) is 0 Å². The molecule has 1 aliphatic carbocycles. The van der Waals surface area contributed by atoms with Gasteiger partial charge in [-0.1, -0.05) is 31.1 Å². The molecule has 0 saturated heterocycles. The molecule has 1 aromatic rings. The molecule has 2 rings (SSSR count). The third-order valence-corrected chi connectivity index (χ3v) is 4.66. The highest BCUT2D eigenvalue weighted by Crippen LogP contribution is 2.30. The van der Waals surface area contributed by atoms with E-state index in [1.807, 2.05) is 24.9 Å². The number of hydrogen-bond acceptors (Lipinski definition) is 3. The molecule has 3 heteroatoms. The third kappa shape index (κ3) is 4.02. The molecule has 0 radical (unpaired) electrons. The first-order chi connectivity index (χ1) is 9.35. The first-order valence-corrected chi connectivity index (χ1v) is 7.95. The molecule has 2 atom stereocenters. The van der Waals surface area contributed by atoms with Crippen LogP contribution in [0.3, 0.4) is 0 Å². The Morgan fingerprint density at radius 1 is 1.37 bits per heavy atom. The summed E-state index contributed by atoms with van der Waals surface area (Å²) >= 11 is 1.82. The second-order valence-corrected chi connectivity index (χ2v) is 5.97. The van der Waals surface area contributed by atoms with Crippen LogP contribution < -0.4 is 5.32 Å². The van der Waals surface area contributed by atoms with Gasteiger partial charge in [-0.15, -0.1) is 18.3 Å². The van der Waals surface area contributed by atoms with E-state index in [2.05, 4.69) is 36.2 Å². The van der Waals surface area contributed by atoms with E-state index < -0.39 is 0 Å². The van der Waals surface area contributed by atoms with Crippen LogP contribution in [-0.2, 0) is 4.74 Å². The van der Waals surface area contributed by atoms with Gasteiger partial charge in [-0.25, -0.2) is 0 Å². The van der Waals surface area contributed by atoms with Crippen molar-refractivity contribution in [2.75, 3.05) is 18.2 Å². The van der Waals surface area contributed by atoms with Crippen molar-refractivity contribution in [3.05, 3.63) is 36.9 Å². The summed E-state index contributed by atoms with van der Waals surface area (Å²) in [7, 11) is 1.82. The molecule has 0 aliphatic heterocycles. The fraction of sp³-hybridized carbons (Fsp3) is 0.500. The summed E-state index contributed by atoms with van der Waals surface area (Å²) in [5.41, 5.74) is 1.23. The van der Waals surface area contributed by atoms with Crippen molar-refractivity contribution in [2.24, 2.45) is 0 Å². The number of hydrogen-bond donors (Lipinski definition) is 1. The lowest BCUT2D eigenvalue weighted by Gasteiger charge is -2.32. The Labute approximate surface area is 120 Å². The largest absolute Gasteiger partial charge is 0.379 e. The van der Waals surface area contributed by atoms with Crippen molar-refractivity contribution in [1.82, 2.24) is 0 Å². The van der Waals surface area contributed by atoms with Crippen LogP contribution in [-0.4, -0.2) is 25.0 Å². The van der Waals surface area contributed by atoms with Gasteiger partial charge in [0, 0.05) is 23.4 Å². The van der Waals surface area contributed by atoms with E-state index in [-0.39, 0.29) is 0 Å². The van der Waals surface area contributed by atoms with E-state index in [0.717, 1.165) is 12.2 Å². The fourth-order valence-corrected chi connectivity index (χ4v) is 3.36. The van der Waals surface area contributed by atoms with Gasteiger partial charge in [0.2, 0.25) is 0 Å². The number of para-hydroxylation sites is 1. The van der Waals surface area contributed by atoms with Gasteiger partial charge in [-0.05, 0) is 25.0 Å². The number of ether oxygens (including phenoxy) is 1. The maximum Gasteiger partial charge on any atom is 0.0772 e. The molecule has 1 aromatic carbocycles. The van der Waals surface area contributed by atoms with Crippen molar-refractivity contribution in [3.63, 3.8) is 0 Å². The lowest BCUT2D eigenvalue weighted by molar-refractivity contribution is 0.0605. The molecule has 2 nitrogen and oxygen atoms in total. The Morgan fingerprint density at radius 2 is 2.16 bits per heavy atom. The average molecular weight is 277 g/mol. The van der Waals surface area contributed by atoms with Gasteiger partial charge in [0.1, 0.15) is 0 Å². The average Bonchev–Trinajstić information content (AvgIpc) is 2.47. The number of benzene rings is 1. The molecule has 1 saturated carbocycles. The van der Waals surface area contributed by atoms with Gasteiger partial charge in [0.25, 0.3) is 0 Å². The quantitative estimate of drug-likeness (QED) is 0.617. The predicted octanol–water partition coefficient (Wildman–Crippen LogP) is 4.33. The van der Waals surface area contributed by atoms with E-state index in [1.54, 1.807) is 0 Å². The van der Waals surface area contributed by atoms with Crippen molar-refractivity contribution in [1.29, 1.82) is 0 Å². The lowest BCUT2D eigenvalue weighted by atomic mass is 9.92. The summed E-state index contributed by atoms with van der Waals surface area (Å²) in [4.78, 5) is 1.29. The Bertz CT molecular complexity index is 407. The number of methoxy groups -OCH3 is 1. The Hall–Kier alpha value is -0.930. The minimum absolute atomic E-state index is 0.339. The molecular weight excluding hydrogens is 254 g/mol. The summed E-state index contributed by atoms with van der Waals surface area (Å²) in [5, 5.41) is 3.68. The molecule has 0 amide bonds. The molecule has 19 heavy (non-hydrogen) atoms. The van der Waals surface area contributed by atoms with Crippen molar-refractivity contribution >= 4 is 17.4 Å². The molecular formula is C16H23NOS. The molecule has 0 spiro atoms. The Balaban J connectivity index is 2.06. The lowest BCUT2D eigenvalue weighted by Crippen LogP contribution is -2.37. The van der Waals surface area contributed by atoms with Crippen molar-refractivity contribution < 1.29 is 4.74 Å². The summed E-state index contributed by atoms with van der Waals surface area (Å²) in [6, 6.07) is 8.94. The molecule has 1 aliphatic rings. The summed E-state index contributed by atoms with van der Waals surface area (Å²) < 4.78 is 5.61. The number of thioether (sulfide) groups is 1. The minimum Gasteiger partial charge on any atom is -0.379 e. The number of anilines is 1. The molecule has 2 unspecified atom stereocenters. The minimum atomic E-state index is 0.339. The highest BCUT2D eigenvalue weighted by atomic mass is 32.2. The van der Waals surface area contributed by atoms with Gasteiger partial charge in [0.15, 0.2) is 0 Å². The standard InChI is InChI=1S/C16H23NOS/c1-3-12-19-16-11-7-5-9-14(16)17-13-8-4-6-10-15(13)18-2/h3,5,7,9,11,13,15,17H,1,4,6,8,10,12H2,2H3. The van der Waals surface area contributed by atoms with Gasteiger partial charge in [-0.2, -0.15) is 0 Å². The van der Waals surface area contributed by atoms with Crippen LogP contribution in [0.15, 0.2) is 41.8 Å². The second-order valence-electron chi connectivity index (χ2n) is 4.91. The first-order valence-electron chi connectivity index (χ1n) is 6.97. The highest BCUT2D eigenvalue weighted by Gasteiger charge is 2.25. The van der Waals surface area contributed by atoms with Gasteiger partial charge < -0.3 is 10.1 Å². The Morgan fingerprint density at radius 3 is 2.95 bits per heavy atom. The van der Waals surface area contributed by atoms with E-state index in [4.69, 9.17) is 4.74 Å². The van der Waals surface area contributed by atoms with Crippen LogP contribution in [0.1, 0.15) is 25.7 Å². The smallest absolute Gasteiger partial charge is 0.0772 e. The summed E-state index contributed by atoms with van der Waals surface area (Å²) in [6.45, 7) is 3.79. The van der Waals surface area contributed by atoms with Crippen LogP contribution in [0.5, 0.6) is 0 Å². The van der Waals surface area contributed by atoms with Crippen LogP contribution in [0.4, 0.5) is 5.69 Å². The van der Waals surface area contributed by atoms with Gasteiger partial charge in [0.05, 0.1) is 12.1 Å². The van der Waals surface area contributed by atoms with Crippen LogP contribution in [0.25, 0.3) is 0 Å². The van der Waals surface area contributed by atoms with Crippen LogP contribution in [0.2, 0.25) is 0 Å². The van der Waals surface area contributed by atoms with Gasteiger partial charge in [-0.3, -0.25) is 0 Å². The molecule has 0 aromatic heterocycles. The molecule has 0 heterocycles. The normalized spacial score (nSPS) is 23.0. The number of rotatable bonds is 6. The molecule has 1 fully saturated rings. The maximum atomic E-state index is 5.61. The van der Waals surface area contributed by atoms with Crippen molar-refractivity contribution in [2.45, 2.75) is 42.7 Å². The summed E-state index contributed by atoms with van der Waals surface area (Å²) in [6.07, 6.45) is 7.21. The molecule has 104 valence electrons. The third-order valence-electron chi connectivity index (χ3n) is 3.59. The predicted molar refractivity (Wildman–Crippen MR) is 84.0 cm³/mol. The molecule has 0 bridgehead atoms. The van der Waals surface area contributed by atoms with E-state index in [1.165, 1.54) is 29.8 Å². The zero-order valence-corrected chi connectivity index (χ0v) is 12.4. The maximum absolute atomic E-state index is 5.61. The van der Waals surface area contributed by atoms with Crippen LogP contribution >= 0.6 is 11.8 Å². The first kappa shape index (κ1) is 14.5. The number of nitrogens with one attached hydrogen (secondary N) is 1. The fourth-order valence-electron chi connectivity index (χ4n) is 2.60. The van der Waals surface area contributed by atoms with E-state index in [0.29, 0.717) is 12.1 Å². The van der Waals surface area contributed by atoms with Crippen molar-refractivity contribution in [3.8, 4) is 0 Å². The monoisotopic (exact) mass is 277 g/mol. The van der Waals surface area contributed by atoms with Gasteiger partial charge >= 0.3 is 0 Å². The highest BCUT2D eigenvalue weighted by molar-refractivity contribution is 7.99. The second kappa shape index (κ2) is 7.61. The zero-order valence-electron chi connectivity index (χ0n) is 11.6. The topological polar surface area (TPSA) is 21.3 Å². The molecule has 1 N–H and O–H groups in total. The SMILES string of the molecule is C=CCSc1ccccc1NC1CCCCC1OC. The zero-order chi connectivity index (χ0) is 13.5. The van der Waals surface area contributed by atoms with E-state index >= 15 is 0 Å².